The van der Waals surface area contributed by atoms with Gasteiger partial charge in [0.2, 0.25) is 0 Å². The second-order valence-electron chi connectivity index (χ2n) is 1.97. The highest BCUT2D eigenvalue weighted by molar-refractivity contribution is 5.73. The molecular weight excluding hydrogens is 136 g/mol. The first-order valence-corrected chi connectivity index (χ1v) is 2.85. The molecule has 56 valence electrons. The van der Waals surface area contributed by atoms with Crippen molar-refractivity contribution in [2.24, 2.45) is 5.10 Å². The van der Waals surface area contributed by atoms with Crippen LogP contribution in [0.3, 0.4) is 0 Å². The van der Waals surface area contributed by atoms with E-state index < -0.39 is 12.0 Å². The minimum absolute atomic E-state index is 0.230. The van der Waals surface area contributed by atoms with Crippen molar-refractivity contribution in [2.45, 2.75) is 13.0 Å². The van der Waals surface area contributed by atoms with Gasteiger partial charge in [-0.05, 0) is 6.92 Å². The zero-order valence-electron chi connectivity index (χ0n) is 5.52. The summed E-state index contributed by atoms with van der Waals surface area (Å²) in [7, 11) is 0. The molecule has 0 saturated carbocycles. The minimum atomic E-state index is -0.900. The molecule has 10 heavy (non-hydrogen) atoms. The molecule has 0 fully saturated rings. The zero-order valence-corrected chi connectivity index (χ0v) is 5.52. The topological polar surface area (TPSA) is 62.1 Å². The van der Waals surface area contributed by atoms with Crippen LogP contribution < -0.4 is 0 Å². The number of carboxylic acid groups (broad SMARTS) is 1. The standard InChI is InChI=1S/C5H8N2O3/c1-4(5(8)9)7-3-10-2-6-7/h2,4H,3H2,1H3,(H,8,9). The van der Waals surface area contributed by atoms with Crippen molar-refractivity contribution in [3.8, 4) is 0 Å². The molecule has 0 bridgehead atoms. The predicted octanol–water partition coefficient (Wildman–Crippen LogP) is -0.307. The fourth-order valence-corrected chi connectivity index (χ4v) is 0.576. The van der Waals surface area contributed by atoms with Gasteiger partial charge in [0.1, 0.15) is 6.04 Å². The van der Waals surface area contributed by atoms with Crippen LogP contribution in [0.4, 0.5) is 0 Å². The van der Waals surface area contributed by atoms with Crippen LogP contribution in [0, 0.1) is 0 Å². The number of rotatable bonds is 2. The summed E-state index contributed by atoms with van der Waals surface area (Å²) in [5.74, 6) is -0.900. The Hall–Kier alpha value is -1.26. The smallest absolute Gasteiger partial charge is 0.327 e. The highest BCUT2D eigenvalue weighted by Crippen LogP contribution is 2.03. The van der Waals surface area contributed by atoms with Gasteiger partial charge >= 0.3 is 5.97 Å². The Morgan fingerprint density at radius 1 is 2.00 bits per heavy atom. The number of hydrogen-bond donors (Lipinski definition) is 1. The molecule has 5 heteroatoms. The molecule has 1 aliphatic heterocycles. The lowest BCUT2D eigenvalue weighted by Crippen LogP contribution is -2.33. The van der Waals surface area contributed by atoms with Gasteiger partial charge in [0.25, 0.3) is 0 Å². The second kappa shape index (κ2) is 2.55. The van der Waals surface area contributed by atoms with Gasteiger partial charge in [0.05, 0.1) is 0 Å². The number of carboxylic acids is 1. The number of ether oxygens (including phenoxy) is 1. The van der Waals surface area contributed by atoms with Crippen LogP contribution in [0.1, 0.15) is 6.92 Å². The lowest BCUT2D eigenvalue weighted by molar-refractivity contribution is -0.143. The van der Waals surface area contributed by atoms with Crippen molar-refractivity contribution in [1.82, 2.24) is 5.01 Å². The SMILES string of the molecule is CC(C(=O)O)N1COC=N1. The average Bonchev–Trinajstić information content (AvgIpc) is 2.36. The van der Waals surface area contributed by atoms with Gasteiger partial charge in [-0.15, -0.1) is 5.10 Å². The van der Waals surface area contributed by atoms with E-state index in [2.05, 4.69) is 5.10 Å². The monoisotopic (exact) mass is 144 g/mol. The van der Waals surface area contributed by atoms with Crippen LogP contribution in [0.2, 0.25) is 0 Å². The summed E-state index contributed by atoms with van der Waals surface area (Å²) in [6.07, 6.45) is 1.24. The first kappa shape index (κ1) is 6.85. The molecule has 0 aliphatic carbocycles. The molecule has 5 nitrogen and oxygen atoms in total. The molecule has 1 aliphatic rings. The van der Waals surface area contributed by atoms with E-state index in [1.807, 2.05) is 0 Å². The third-order valence-electron chi connectivity index (χ3n) is 1.28. The highest BCUT2D eigenvalue weighted by Gasteiger charge is 2.20. The van der Waals surface area contributed by atoms with Crippen molar-refractivity contribution in [3.63, 3.8) is 0 Å². The molecule has 1 unspecified atom stereocenters. The van der Waals surface area contributed by atoms with E-state index in [-0.39, 0.29) is 6.73 Å². The maximum absolute atomic E-state index is 10.3. The van der Waals surface area contributed by atoms with E-state index in [0.29, 0.717) is 0 Å². The Kier molecular flexibility index (Phi) is 1.75. The van der Waals surface area contributed by atoms with Gasteiger partial charge in [0.15, 0.2) is 13.1 Å². The third-order valence-corrected chi connectivity index (χ3v) is 1.28. The quantitative estimate of drug-likeness (QED) is 0.577. The Bertz CT molecular complexity index is 168. The Morgan fingerprint density at radius 2 is 2.70 bits per heavy atom. The molecule has 0 saturated heterocycles. The van der Waals surface area contributed by atoms with Crippen LogP contribution in [-0.4, -0.2) is 35.3 Å². The highest BCUT2D eigenvalue weighted by atomic mass is 16.5. The summed E-state index contributed by atoms with van der Waals surface area (Å²) in [6, 6.07) is -0.612. The van der Waals surface area contributed by atoms with Crippen molar-refractivity contribution >= 4 is 12.4 Å². The summed E-state index contributed by atoms with van der Waals surface area (Å²) in [5.41, 5.74) is 0. The van der Waals surface area contributed by atoms with Crippen LogP contribution in [0.25, 0.3) is 0 Å². The van der Waals surface area contributed by atoms with E-state index in [4.69, 9.17) is 9.84 Å². The minimum Gasteiger partial charge on any atom is -0.480 e. The lowest BCUT2D eigenvalue weighted by atomic mass is 10.3. The van der Waals surface area contributed by atoms with Crippen molar-refractivity contribution in [3.05, 3.63) is 0 Å². The summed E-state index contributed by atoms with van der Waals surface area (Å²) >= 11 is 0. The molecule has 0 aromatic carbocycles. The van der Waals surface area contributed by atoms with Crippen LogP contribution in [0.15, 0.2) is 5.10 Å². The maximum Gasteiger partial charge on any atom is 0.327 e. The van der Waals surface area contributed by atoms with Gasteiger partial charge in [-0.25, -0.2) is 9.80 Å². The third kappa shape index (κ3) is 1.18. The molecule has 0 radical (unpaired) electrons. The predicted molar refractivity (Wildman–Crippen MR) is 33.4 cm³/mol. The number of carbonyl (C=O) groups is 1. The van der Waals surface area contributed by atoms with Crippen molar-refractivity contribution in [1.29, 1.82) is 0 Å². The Balaban J connectivity index is 2.48. The van der Waals surface area contributed by atoms with Crippen molar-refractivity contribution < 1.29 is 14.6 Å². The molecule has 0 amide bonds. The summed E-state index contributed by atoms with van der Waals surface area (Å²) in [6.45, 7) is 1.78. The first-order chi connectivity index (χ1) is 4.72. The number of nitrogens with zero attached hydrogens (tertiary/aromatic N) is 2. The molecule has 1 rings (SSSR count). The molecule has 0 aromatic rings. The van der Waals surface area contributed by atoms with Crippen molar-refractivity contribution in [2.75, 3.05) is 6.73 Å². The number of hydrogen-bond acceptors (Lipinski definition) is 4. The second-order valence-corrected chi connectivity index (χ2v) is 1.97. The van der Waals surface area contributed by atoms with E-state index in [1.165, 1.54) is 11.4 Å². The summed E-state index contributed by atoms with van der Waals surface area (Å²) in [5, 5.41) is 13.5. The molecule has 0 spiro atoms. The van der Waals surface area contributed by atoms with Gasteiger partial charge < -0.3 is 9.84 Å². The largest absolute Gasteiger partial charge is 0.480 e. The molecular formula is C5H8N2O3. The Labute approximate surface area is 57.9 Å². The zero-order chi connectivity index (χ0) is 7.56. The van der Waals surface area contributed by atoms with Gasteiger partial charge in [-0.2, -0.15) is 0 Å². The van der Waals surface area contributed by atoms with E-state index in [0.717, 1.165) is 0 Å². The van der Waals surface area contributed by atoms with Crippen LogP contribution in [-0.2, 0) is 9.53 Å². The number of aliphatic carboxylic acids is 1. The van der Waals surface area contributed by atoms with Gasteiger partial charge in [-0.1, -0.05) is 0 Å². The normalized spacial score (nSPS) is 18.7. The van der Waals surface area contributed by atoms with Gasteiger partial charge in [-0.3, -0.25) is 0 Å². The fraction of sp³-hybridized carbons (Fsp3) is 0.600. The van der Waals surface area contributed by atoms with E-state index in [9.17, 15) is 4.79 Å². The first-order valence-electron chi connectivity index (χ1n) is 2.85. The van der Waals surface area contributed by atoms with Crippen LogP contribution >= 0.6 is 0 Å². The molecule has 0 aromatic heterocycles. The maximum atomic E-state index is 10.3. The molecule has 1 N–H and O–H groups in total. The molecule has 1 atom stereocenters. The van der Waals surface area contributed by atoms with E-state index in [1.54, 1.807) is 6.92 Å². The summed E-state index contributed by atoms with van der Waals surface area (Å²) < 4.78 is 4.70. The lowest BCUT2D eigenvalue weighted by Gasteiger charge is -2.15. The summed E-state index contributed by atoms with van der Waals surface area (Å²) in [4.78, 5) is 10.3. The Morgan fingerprint density at radius 3 is 3.10 bits per heavy atom. The number of hydrazone groups is 1. The van der Waals surface area contributed by atoms with Gasteiger partial charge in [0, 0.05) is 0 Å². The average molecular weight is 144 g/mol. The van der Waals surface area contributed by atoms with E-state index >= 15 is 0 Å². The fourth-order valence-electron chi connectivity index (χ4n) is 0.576. The molecule has 1 heterocycles. The van der Waals surface area contributed by atoms with Crippen LogP contribution in [0.5, 0.6) is 0 Å².